The molecule has 90 heavy (non-hydrogen) atoms. The molecule has 0 spiro atoms. The monoisotopic (exact) mass is 1250 g/mol. The van der Waals surface area contributed by atoms with Crippen molar-refractivity contribution in [2.24, 2.45) is 0 Å². The number of esters is 2. The van der Waals surface area contributed by atoms with E-state index in [1.807, 2.05) is 0 Å². The predicted molar refractivity (Wildman–Crippen MR) is 399 cm³/mol. The summed E-state index contributed by atoms with van der Waals surface area (Å²) in [5, 5.41) is 9.73. The summed E-state index contributed by atoms with van der Waals surface area (Å²) in [6, 6.07) is 0. The highest BCUT2D eigenvalue weighted by atomic mass is 16.6. The van der Waals surface area contributed by atoms with Crippen molar-refractivity contribution >= 4 is 11.9 Å². The summed E-state index contributed by atoms with van der Waals surface area (Å²) < 4.78 is 10.8. The van der Waals surface area contributed by atoms with E-state index in [9.17, 15) is 14.7 Å². The molecule has 0 aliphatic rings. The Labute approximate surface area is 561 Å². The van der Waals surface area contributed by atoms with Crippen LogP contribution in [0, 0.1) is 0 Å². The molecule has 1 atom stereocenters. The highest BCUT2D eigenvalue weighted by Gasteiger charge is 2.16. The third-order valence-electron chi connectivity index (χ3n) is 17.9. The van der Waals surface area contributed by atoms with Crippen LogP contribution in [0.3, 0.4) is 0 Å². The number of aliphatic hydroxyl groups excluding tert-OH is 1. The van der Waals surface area contributed by atoms with Crippen LogP contribution in [0.25, 0.3) is 0 Å². The maximum Gasteiger partial charge on any atom is 0.306 e. The molecule has 5 heteroatoms. The van der Waals surface area contributed by atoms with Crippen LogP contribution in [0.2, 0.25) is 0 Å². The van der Waals surface area contributed by atoms with Gasteiger partial charge in [-0.05, 0) is 77.0 Å². The second kappa shape index (κ2) is 80.1. The summed E-state index contributed by atoms with van der Waals surface area (Å²) in [7, 11) is 0. The number of carbonyl (C=O) groups excluding carboxylic acids is 2. The topological polar surface area (TPSA) is 72.8 Å². The summed E-state index contributed by atoms with van der Waals surface area (Å²) in [5.74, 6) is -0.574. The minimum atomic E-state index is -0.777. The molecule has 0 aromatic carbocycles. The van der Waals surface area contributed by atoms with Gasteiger partial charge < -0.3 is 14.6 Å². The van der Waals surface area contributed by atoms with Crippen LogP contribution >= 0.6 is 0 Å². The number of hydrogen-bond acceptors (Lipinski definition) is 5. The van der Waals surface area contributed by atoms with Gasteiger partial charge in [0.15, 0.2) is 6.10 Å². The van der Waals surface area contributed by atoms with Crippen molar-refractivity contribution < 1.29 is 24.2 Å². The third-order valence-corrected chi connectivity index (χ3v) is 17.9. The number of allylic oxidation sites excluding steroid dienone is 16. The molecule has 522 valence electrons. The van der Waals surface area contributed by atoms with Gasteiger partial charge in [-0.25, -0.2) is 0 Å². The van der Waals surface area contributed by atoms with Crippen molar-refractivity contribution in [1.82, 2.24) is 0 Å². The standard InChI is InChI=1S/C85H152O5/c1-3-5-7-9-11-13-15-17-19-21-23-25-27-29-31-33-35-37-39-41-42-44-46-48-50-52-54-56-58-60-62-64-66-68-70-72-74-76-78-80-85(88)90-83(81-86)82-89-84(87)79-77-75-73-71-69-67-65-63-61-59-57-55-53-51-49-47-45-43-40-38-36-34-32-30-28-26-24-22-20-18-16-14-12-10-8-6-4-2/h5,7,11,13,17,19,23,25,29,31,35,37,41-42,46,48,83,86H,3-4,6,8-10,12,14-16,18,20-22,24,26-28,30,32-34,36,38-40,43-45,47,49-82H2,1-2H3/b7-5-,13-11-,19-17-,25-23-,31-29-,37-35-,42-41-,48-46-. The normalized spacial score (nSPS) is 12.7. The minimum Gasteiger partial charge on any atom is -0.462 e. The predicted octanol–water partition coefficient (Wildman–Crippen LogP) is 28.1. The van der Waals surface area contributed by atoms with E-state index in [0.717, 1.165) is 89.9 Å². The van der Waals surface area contributed by atoms with Gasteiger partial charge in [0, 0.05) is 12.8 Å². The van der Waals surface area contributed by atoms with E-state index < -0.39 is 6.10 Å². The minimum absolute atomic E-state index is 0.0641. The summed E-state index contributed by atoms with van der Waals surface area (Å²) in [6.45, 7) is 4.08. The Bertz CT molecular complexity index is 1660. The molecule has 0 aliphatic carbocycles. The first kappa shape index (κ1) is 86.8. The lowest BCUT2D eigenvalue weighted by molar-refractivity contribution is -0.161. The van der Waals surface area contributed by atoms with Crippen LogP contribution in [0.4, 0.5) is 0 Å². The van der Waals surface area contributed by atoms with Crippen LogP contribution in [0.5, 0.6) is 0 Å². The van der Waals surface area contributed by atoms with E-state index in [1.165, 1.54) is 295 Å². The van der Waals surface area contributed by atoms with Crippen molar-refractivity contribution in [1.29, 1.82) is 0 Å². The molecule has 0 fully saturated rings. The molecule has 5 nitrogen and oxygen atoms in total. The van der Waals surface area contributed by atoms with Crippen LogP contribution in [0.15, 0.2) is 97.2 Å². The molecule has 0 radical (unpaired) electrons. The number of unbranched alkanes of at least 4 members (excludes halogenated alkanes) is 50. The lowest BCUT2D eigenvalue weighted by Crippen LogP contribution is -2.28. The van der Waals surface area contributed by atoms with Crippen molar-refractivity contribution in [2.45, 2.75) is 418 Å². The van der Waals surface area contributed by atoms with Gasteiger partial charge in [-0.15, -0.1) is 0 Å². The molecular formula is C85H152O5. The number of carbonyl (C=O) groups is 2. The van der Waals surface area contributed by atoms with E-state index in [4.69, 9.17) is 9.47 Å². The highest BCUT2D eigenvalue weighted by Crippen LogP contribution is 2.20. The smallest absolute Gasteiger partial charge is 0.306 e. The van der Waals surface area contributed by atoms with E-state index >= 15 is 0 Å². The van der Waals surface area contributed by atoms with E-state index in [-0.39, 0.29) is 25.2 Å². The molecule has 1 unspecified atom stereocenters. The summed E-state index contributed by atoms with van der Waals surface area (Å²) in [5.41, 5.74) is 0. The maximum absolute atomic E-state index is 12.4. The molecule has 0 saturated carbocycles. The number of hydrogen-bond donors (Lipinski definition) is 1. The van der Waals surface area contributed by atoms with Crippen LogP contribution in [-0.4, -0.2) is 36.4 Å². The maximum atomic E-state index is 12.4. The fourth-order valence-corrected chi connectivity index (χ4v) is 12.0. The van der Waals surface area contributed by atoms with Crippen LogP contribution < -0.4 is 0 Å². The lowest BCUT2D eigenvalue weighted by Gasteiger charge is -2.15. The van der Waals surface area contributed by atoms with Crippen LogP contribution in [-0.2, 0) is 19.1 Å². The third kappa shape index (κ3) is 77.3. The first-order chi connectivity index (χ1) is 44.6. The van der Waals surface area contributed by atoms with Gasteiger partial charge in [0.25, 0.3) is 0 Å². The molecule has 0 amide bonds. The van der Waals surface area contributed by atoms with E-state index in [0.29, 0.717) is 12.8 Å². The van der Waals surface area contributed by atoms with Gasteiger partial charge in [0.05, 0.1) is 6.61 Å². The average Bonchev–Trinajstić information content (AvgIpc) is 3.59. The van der Waals surface area contributed by atoms with Gasteiger partial charge in [-0.2, -0.15) is 0 Å². The summed E-state index contributed by atoms with van der Waals surface area (Å²) in [6.07, 6.45) is 115. The number of ether oxygens (including phenoxy) is 2. The Morgan fingerprint density at radius 2 is 0.478 bits per heavy atom. The lowest BCUT2D eigenvalue weighted by atomic mass is 10.0. The Morgan fingerprint density at radius 3 is 0.722 bits per heavy atom. The fraction of sp³-hybridized carbons (Fsp3) is 0.788. The molecule has 0 saturated heterocycles. The molecule has 0 aromatic heterocycles. The van der Waals surface area contributed by atoms with E-state index in [1.54, 1.807) is 0 Å². The van der Waals surface area contributed by atoms with Gasteiger partial charge >= 0.3 is 11.9 Å². The van der Waals surface area contributed by atoms with Crippen molar-refractivity contribution in [3.05, 3.63) is 97.2 Å². The molecule has 0 bridgehead atoms. The quantitative estimate of drug-likeness (QED) is 0.0373. The van der Waals surface area contributed by atoms with Gasteiger partial charge in [0.2, 0.25) is 0 Å². The number of rotatable bonds is 74. The fourth-order valence-electron chi connectivity index (χ4n) is 12.0. The van der Waals surface area contributed by atoms with Crippen molar-refractivity contribution in [3.8, 4) is 0 Å². The molecular weight excluding hydrogens is 1100 g/mol. The Kier molecular flexibility index (Phi) is 77.2. The summed E-state index contributed by atoms with van der Waals surface area (Å²) in [4.78, 5) is 24.7. The van der Waals surface area contributed by atoms with E-state index in [2.05, 4.69) is 111 Å². The molecule has 0 aromatic rings. The largest absolute Gasteiger partial charge is 0.462 e. The van der Waals surface area contributed by atoms with Crippen molar-refractivity contribution in [2.75, 3.05) is 13.2 Å². The second-order valence-electron chi connectivity index (χ2n) is 26.8. The van der Waals surface area contributed by atoms with Crippen LogP contribution in [0.1, 0.15) is 412 Å². The molecule has 0 rings (SSSR count). The SMILES string of the molecule is CC/C=C\C/C=C\C/C=C\C/C=C\C/C=C\C/C=C\C/C=C\C/C=C\CCCCCCCCCCCCCCCCC(=O)OC(CO)COC(=O)CCCCCCCCCCCCCCCCCCCCCCCCCCCCCCCCCCCCCCC. The molecule has 0 heterocycles. The van der Waals surface area contributed by atoms with Gasteiger partial charge in [-0.3, -0.25) is 9.59 Å². The zero-order valence-electron chi connectivity index (χ0n) is 60.1. The molecule has 1 N–H and O–H groups in total. The highest BCUT2D eigenvalue weighted by molar-refractivity contribution is 5.70. The first-order valence-corrected chi connectivity index (χ1v) is 39.8. The molecule has 0 aliphatic heterocycles. The van der Waals surface area contributed by atoms with Gasteiger partial charge in [0.1, 0.15) is 6.61 Å². The summed E-state index contributed by atoms with van der Waals surface area (Å²) >= 11 is 0. The Hall–Kier alpha value is -3.18. The first-order valence-electron chi connectivity index (χ1n) is 39.8. The Morgan fingerprint density at radius 1 is 0.267 bits per heavy atom. The average molecular weight is 1250 g/mol. The zero-order chi connectivity index (χ0) is 64.7. The van der Waals surface area contributed by atoms with Gasteiger partial charge in [-0.1, -0.05) is 419 Å². The Balaban J connectivity index is 3.42. The van der Waals surface area contributed by atoms with Crippen molar-refractivity contribution in [3.63, 3.8) is 0 Å². The second-order valence-corrected chi connectivity index (χ2v) is 26.8. The zero-order valence-corrected chi connectivity index (χ0v) is 60.1. The number of aliphatic hydroxyl groups is 1.